The molecular weight excluding hydrogens is 242 g/mol. The van der Waals surface area contributed by atoms with Crippen LogP contribution in [0.3, 0.4) is 0 Å². The molecule has 2 rings (SSSR count). The first-order chi connectivity index (χ1) is 9.20. The van der Waals surface area contributed by atoms with Gasteiger partial charge in [-0.15, -0.1) is 0 Å². The molecule has 0 spiro atoms. The molecular formula is C15H19NO3. The predicted molar refractivity (Wildman–Crippen MR) is 73.6 cm³/mol. The second-order valence-corrected chi connectivity index (χ2v) is 4.46. The Bertz CT molecular complexity index is 502. The third-order valence-electron chi connectivity index (χ3n) is 2.93. The van der Waals surface area contributed by atoms with Gasteiger partial charge in [-0.3, -0.25) is 0 Å². The van der Waals surface area contributed by atoms with Crippen LogP contribution in [0.2, 0.25) is 0 Å². The minimum atomic E-state index is -0.455. The molecule has 1 heterocycles. The van der Waals surface area contributed by atoms with Gasteiger partial charge in [0.15, 0.2) is 0 Å². The van der Waals surface area contributed by atoms with Crippen LogP contribution in [0.1, 0.15) is 24.4 Å². The number of hydrogen-bond donors (Lipinski definition) is 3. The summed E-state index contributed by atoms with van der Waals surface area (Å²) in [6.07, 6.45) is -0.455. The molecule has 0 bridgehead atoms. The van der Waals surface area contributed by atoms with Gasteiger partial charge in [-0.05, 0) is 24.6 Å². The van der Waals surface area contributed by atoms with Crippen LogP contribution < -0.4 is 5.32 Å². The van der Waals surface area contributed by atoms with Gasteiger partial charge < -0.3 is 19.9 Å². The SMILES string of the molecule is C[C@H](O)c1ccc(-c2ccc(CNCCO)o2)cc1. The summed E-state index contributed by atoms with van der Waals surface area (Å²) >= 11 is 0. The predicted octanol–water partition coefficient (Wildman–Crippen LogP) is 2.08. The molecule has 0 aliphatic carbocycles. The van der Waals surface area contributed by atoms with Crippen LogP contribution in [0.4, 0.5) is 0 Å². The van der Waals surface area contributed by atoms with Gasteiger partial charge in [-0.1, -0.05) is 24.3 Å². The Labute approximate surface area is 112 Å². The maximum Gasteiger partial charge on any atom is 0.134 e. The van der Waals surface area contributed by atoms with Gasteiger partial charge in [-0.2, -0.15) is 0 Å². The fourth-order valence-corrected chi connectivity index (χ4v) is 1.84. The van der Waals surface area contributed by atoms with E-state index in [2.05, 4.69) is 5.32 Å². The summed E-state index contributed by atoms with van der Waals surface area (Å²) < 4.78 is 5.71. The van der Waals surface area contributed by atoms with Crippen LogP contribution in [0.15, 0.2) is 40.8 Å². The van der Waals surface area contributed by atoms with Crippen molar-refractivity contribution in [1.82, 2.24) is 5.32 Å². The number of aliphatic hydroxyl groups excluding tert-OH is 2. The fraction of sp³-hybridized carbons (Fsp3) is 0.333. The van der Waals surface area contributed by atoms with Crippen LogP contribution in [0, 0.1) is 0 Å². The van der Waals surface area contributed by atoms with E-state index >= 15 is 0 Å². The summed E-state index contributed by atoms with van der Waals surface area (Å²) in [6.45, 7) is 3.02. The average molecular weight is 261 g/mol. The quantitative estimate of drug-likeness (QED) is 0.697. The van der Waals surface area contributed by atoms with E-state index in [4.69, 9.17) is 9.52 Å². The van der Waals surface area contributed by atoms with Crippen molar-refractivity contribution in [3.63, 3.8) is 0 Å². The van der Waals surface area contributed by atoms with Crippen LogP contribution in [0.25, 0.3) is 11.3 Å². The number of furan rings is 1. The highest BCUT2D eigenvalue weighted by molar-refractivity contribution is 5.58. The molecule has 3 N–H and O–H groups in total. The monoisotopic (exact) mass is 261 g/mol. The molecule has 0 aliphatic heterocycles. The summed E-state index contributed by atoms with van der Waals surface area (Å²) in [6, 6.07) is 11.5. The van der Waals surface area contributed by atoms with Gasteiger partial charge in [0, 0.05) is 12.1 Å². The van der Waals surface area contributed by atoms with Gasteiger partial charge >= 0.3 is 0 Å². The molecule has 1 atom stereocenters. The van der Waals surface area contributed by atoms with Crippen molar-refractivity contribution in [2.75, 3.05) is 13.2 Å². The Morgan fingerprint density at radius 1 is 1.16 bits per heavy atom. The molecule has 0 aliphatic rings. The molecule has 0 fully saturated rings. The smallest absolute Gasteiger partial charge is 0.134 e. The van der Waals surface area contributed by atoms with Crippen molar-refractivity contribution in [3.8, 4) is 11.3 Å². The number of hydrogen-bond acceptors (Lipinski definition) is 4. The standard InChI is InChI=1S/C15H19NO3/c1-11(18)12-2-4-13(5-3-12)15-7-6-14(19-15)10-16-8-9-17/h2-7,11,16-18H,8-10H2,1H3/t11-/m0/s1. The lowest BCUT2D eigenvalue weighted by Gasteiger charge is -2.05. The summed E-state index contributed by atoms with van der Waals surface area (Å²) in [4.78, 5) is 0. The van der Waals surface area contributed by atoms with Gasteiger partial charge in [0.25, 0.3) is 0 Å². The number of aliphatic hydroxyl groups is 2. The number of nitrogens with one attached hydrogen (secondary N) is 1. The topological polar surface area (TPSA) is 65.6 Å². The van der Waals surface area contributed by atoms with Crippen LogP contribution in [-0.2, 0) is 6.54 Å². The second-order valence-electron chi connectivity index (χ2n) is 4.46. The summed E-state index contributed by atoms with van der Waals surface area (Å²) in [7, 11) is 0. The van der Waals surface area contributed by atoms with Crippen molar-refractivity contribution in [2.45, 2.75) is 19.6 Å². The Morgan fingerprint density at radius 3 is 2.53 bits per heavy atom. The third kappa shape index (κ3) is 3.67. The Morgan fingerprint density at radius 2 is 1.89 bits per heavy atom. The van der Waals surface area contributed by atoms with Crippen LogP contribution in [-0.4, -0.2) is 23.4 Å². The second kappa shape index (κ2) is 6.52. The van der Waals surface area contributed by atoms with E-state index in [1.165, 1.54) is 0 Å². The molecule has 19 heavy (non-hydrogen) atoms. The number of benzene rings is 1. The van der Waals surface area contributed by atoms with Gasteiger partial charge in [0.2, 0.25) is 0 Å². The minimum absolute atomic E-state index is 0.119. The lowest BCUT2D eigenvalue weighted by Crippen LogP contribution is -2.16. The highest BCUT2D eigenvalue weighted by atomic mass is 16.3. The van der Waals surface area contributed by atoms with Gasteiger partial charge in [0.05, 0.1) is 19.3 Å². The van der Waals surface area contributed by atoms with E-state index in [9.17, 15) is 5.11 Å². The fourth-order valence-electron chi connectivity index (χ4n) is 1.84. The van der Waals surface area contributed by atoms with Gasteiger partial charge in [0.1, 0.15) is 11.5 Å². The molecule has 0 radical (unpaired) electrons. The zero-order chi connectivity index (χ0) is 13.7. The largest absolute Gasteiger partial charge is 0.460 e. The maximum absolute atomic E-state index is 9.46. The van der Waals surface area contributed by atoms with Crippen molar-refractivity contribution in [2.24, 2.45) is 0 Å². The van der Waals surface area contributed by atoms with E-state index in [0.717, 1.165) is 22.6 Å². The third-order valence-corrected chi connectivity index (χ3v) is 2.93. The maximum atomic E-state index is 9.46. The van der Waals surface area contributed by atoms with Crippen LogP contribution in [0.5, 0.6) is 0 Å². The first-order valence-corrected chi connectivity index (χ1v) is 6.39. The molecule has 1 aromatic carbocycles. The Hall–Kier alpha value is -1.62. The molecule has 0 unspecified atom stereocenters. The van der Waals surface area contributed by atoms with Crippen molar-refractivity contribution < 1.29 is 14.6 Å². The van der Waals surface area contributed by atoms with Crippen molar-refractivity contribution >= 4 is 0 Å². The lowest BCUT2D eigenvalue weighted by atomic mass is 10.1. The highest BCUT2D eigenvalue weighted by Crippen LogP contribution is 2.24. The van der Waals surface area contributed by atoms with E-state index in [1.807, 2.05) is 36.4 Å². The Balaban J connectivity index is 2.05. The summed E-state index contributed by atoms with van der Waals surface area (Å²) in [5.74, 6) is 1.64. The first-order valence-electron chi connectivity index (χ1n) is 6.39. The van der Waals surface area contributed by atoms with E-state index in [0.29, 0.717) is 13.1 Å². The summed E-state index contributed by atoms with van der Waals surface area (Å²) in [5, 5.41) is 21.2. The molecule has 0 saturated carbocycles. The van der Waals surface area contributed by atoms with Crippen LogP contribution >= 0.6 is 0 Å². The van der Waals surface area contributed by atoms with E-state index < -0.39 is 6.10 Å². The zero-order valence-electron chi connectivity index (χ0n) is 11.0. The normalized spacial score (nSPS) is 12.6. The molecule has 4 heteroatoms. The van der Waals surface area contributed by atoms with Crippen molar-refractivity contribution in [3.05, 3.63) is 47.7 Å². The molecule has 2 aromatic rings. The number of rotatable bonds is 6. The van der Waals surface area contributed by atoms with E-state index in [1.54, 1.807) is 6.92 Å². The summed E-state index contributed by atoms with van der Waals surface area (Å²) in [5.41, 5.74) is 1.87. The average Bonchev–Trinajstić information content (AvgIpc) is 2.88. The molecule has 0 amide bonds. The first kappa shape index (κ1) is 13.8. The molecule has 102 valence electrons. The van der Waals surface area contributed by atoms with Crippen molar-refractivity contribution in [1.29, 1.82) is 0 Å². The van der Waals surface area contributed by atoms with Gasteiger partial charge in [-0.25, -0.2) is 0 Å². The lowest BCUT2D eigenvalue weighted by molar-refractivity contribution is 0.199. The zero-order valence-corrected chi connectivity index (χ0v) is 11.0. The molecule has 0 saturated heterocycles. The minimum Gasteiger partial charge on any atom is -0.460 e. The molecule has 1 aromatic heterocycles. The molecule has 4 nitrogen and oxygen atoms in total. The van der Waals surface area contributed by atoms with E-state index in [-0.39, 0.29) is 6.61 Å². The Kier molecular flexibility index (Phi) is 4.74. The highest BCUT2D eigenvalue weighted by Gasteiger charge is 2.06.